The molecule has 1 aromatic carbocycles. The number of rotatable bonds is 4. The quantitative estimate of drug-likeness (QED) is 0.882. The second kappa shape index (κ2) is 6.36. The molecule has 0 aromatic heterocycles. The zero-order valence-electron chi connectivity index (χ0n) is 12.1. The van der Waals surface area contributed by atoms with Crippen LogP contribution in [0, 0.1) is 0 Å². The fourth-order valence-electron chi connectivity index (χ4n) is 2.23. The van der Waals surface area contributed by atoms with Crippen molar-refractivity contribution in [3.8, 4) is 5.75 Å². The summed E-state index contributed by atoms with van der Waals surface area (Å²) in [7, 11) is -2.38. The van der Waals surface area contributed by atoms with Gasteiger partial charge in [0.05, 0.1) is 12.0 Å². The topological polar surface area (TPSA) is 75.7 Å². The third-order valence-electron chi connectivity index (χ3n) is 3.44. The van der Waals surface area contributed by atoms with Crippen LogP contribution < -0.4 is 10.1 Å². The van der Waals surface area contributed by atoms with Gasteiger partial charge in [-0.1, -0.05) is 0 Å². The number of carbonyl (C=O) groups excluding carboxylic acids is 1. The van der Waals surface area contributed by atoms with E-state index < -0.39 is 28.1 Å². The van der Waals surface area contributed by atoms with Crippen molar-refractivity contribution in [3.63, 3.8) is 0 Å². The van der Waals surface area contributed by atoms with Crippen LogP contribution in [0.25, 0.3) is 0 Å². The number of nitrogens with zero attached hydrogens (tertiary/aromatic N) is 1. The Balaban J connectivity index is 2.06. The molecule has 1 saturated heterocycles. The molecule has 1 atom stereocenters. The maximum atomic E-state index is 12.4. The number of ether oxygens (including phenoxy) is 1. The molecule has 1 fully saturated rings. The largest absolute Gasteiger partial charge is 0.497 e. The lowest BCUT2D eigenvalue weighted by molar-refractivity contribution is -0.174. The summed E-state index contributed by atoms with van der Waals surface area (Å²) in [6.07, 6.45) is -4.86. The molecule has 6 nitrogen and oxygen atoms in total. The van der Waals surface area contributed by atoms with E-state index in [-0.39, 0.29) is 24.4 Å². The Hall–Kier alpha value is -1.81. The van der Waals surface area contributed by atoms with Gasteiger partial charge in [0.15, 0.2) is 0 Å². The summed E-state index contributed by atoms with van der Waals surface area (Å²) in [6.45, 7) is -0.159. The van der Waals surface area contributed by atoms with Crippen molar-refractivity contribution in [1.82, 2.24) is 9.62 Å². The molecule has 0 spiro atoms. The van der Waals surface area contributed by atoms with Crippen LogP contribution in [-0.2, 0) is 14.8 Å². The lowest BCUT2D eigenvalue weighted by Gasteiger charge is -2.17. The molecule has 2 rings (SSSR count). The molecule has 1 aliphatic rings. The normalized spacial score (nSPS) is 19.6. The van der Waals surface area contributed by atoms with Crippen LogP contribution in [0.3, 0.4) is 0 Å². The van der Waals surface area contributed by atoms with E-state index in [4.69, 9.17) is 4.74 Å². The SMILES string of the molecule is COc1ccc(S(=O)(=O)N2CCC(NC(=O)C(F)(F)F)C2)cc1. The Morgan fingerprint density at radius 2 is 1.91 bits per heavy atom. The first-order chi connectivity index (χ1) is 10.6. The molecular formula is C13H15F3N2O4S. The van der Waals surface area contributed by atoms with E-state index in [2.05, 4.69) is 0 Å². The zero-order chi connectivity index (χ0) is 17.3. The van der Waals surface area contributed by atoms with Gasteiger partial charge in [0.1, 0.15) is 5.75 Å². The van der Waals surface area contributed by atoms with Crippen LogP contribution in [-0.4, -0.2) is 51.0 Å². The highest BCUT2D eigenvalue weighted by Crippen LogP contribution is 2.24. The smallest absolute Gasteiger partial charge is 0.471 e. The Bertz CT molecular complexity index is 673. The monoisotopic (exact) mass is 352 g/mol. The van der Waals surface area contributed by atoms with E-state index in [1.807, 2.05) is 0 Å². The van der Waals surface area contributed by atoms with Gasteiger partial charge >= 0.3 is 12.1 Å². The fraction of sp³-hybridized carbons (Fsp3) is 0.462. The first-order valence-corrected chi connectivity index (χ1v) is 8.10. The second-order valence-corrected chi connectivity index (χ2v) is 6.93. The minimum Gasteiger partial charge on any atom is -0.497 e. The van der Waals surface area contributed by atoms with Crippen molar-refractivity contribution in [3.05, 3.63) is 24.3 Å². The van der Waals surface area contributed by atoms with Gasteiger partial charge in [0.25, 0.3) is 0 Å². The molecule has 128 valence electrons. The molecule has 1 unspecified atom stereocenters. The van der Waals surface area contributed by atoms with Gasteiger partial charge in [-0.15, -0.1) is 0 Å². The number of methoxy groups -OCH3 is 1. The zero-order valence-corrected chi connectivity index (χ0v) is 12.9. The second-order valence-electron chi connectivity index (χ2n) is 5.00. The van der Waals surface area contributed by atoms with Crippen LogP contribution in [0.5, 0.6) is 5.75 Å². The maximum absolute atomic E-state index is 12.4. The first kappa shape index (κ1) is 17.5. The molecule has 1 amide bonds. The van der Waals surface area contributed by atoms with Crippen LogP contribution in [0.15, 0.2) is 29.2 Å². The van der Waals surface area contributed by atoms with Crippen molar-refractivity contribution in [2.75, 3.05) is 20.2 Å². The summed E-state index contributed by atoms with van der Waals surface area (Å²) in [5.41, 5.74) is 0. The predicted octanol–water partition coefficient (Wildman–Crippen LogP) is 1.14. The van der Waals surface area contributed by atoms with Crippen molar-refractivity contribution in [1.29, 1.82) is 0 Å². The van der Waals surface area contributed by atoms with Gasteiger partial charge in [-0.25, -0.2) is 8.42 Å². The van der Waals surface area contributed by atoms with E-state index in [1.165, 1.54) is 31.4 Å². The Morgan fingerprint density at radius 1 is 1.30 bits per heavy atom. The lowest BCUT2D eigenvalue weighted by atomic mass is 10.2. The van der Waals surface area contributed by atoms with E-state index in [0.717, 1.165) is 4.31 Å². The minimum atomic E-state index is -4.98. The Morgan fingerprint density at radius 3 is 2.43 bits per heavy atom. The molecule has 1 aliphatic heterocycles. The van der Waals surface area contributed by atoms with Gasteiger partial charge in [0.2, 0.25) is 10.0 Å². The molecule has 1 heterocycles. The van der Waals surface area contributed by atoms with Crippen molar-refractivity contribution in [2.24, 2.45) is 0 Å². The number of hydrogen-bond donors (Lipinski definition) is 1. The number of benzene rings is 1. The highest BCUT2D eigenvalue weighted by Gasteiger charge is 2.41. The average molecular weight is 352 g/mol. The maximum Gasteiger partial charge on any atom is 0.471 e. The summed E-state index contributed by atoms with van der Waals surface area (Å²) < 4.78 is 67.5. The van der Waals surface area contributed by atoms with Gasteiger partial charge in [-0.3, -0.25) is 4.79 Å². The number of alkyl halides is 3. The van der Waals surface area contributed by atoms with E-state index >= 15 is 0 Å². The summed E-state index contributed by atoms with van der Waals surface area (Å²) in [4.78, 5) is 10.9. The Kier molecular flexibility index (Phi) is 4.85. The number of carbonyl (C=O) groups is 1. The summed E-state index contributed by atoms with van der Waals surface area (Å²) in [5.74, 6) is -1.58. The number of sulfonamides is 1. The predicted molar refractivity (Wildman–Crippen MR) is 74.4 cm³/mol. The van der Waals surface area contributed by atoms with Crippen molar-refractivity contribution < 1.29 is 31.1 Å². The third-order valence-corrected chi connectivity index (χ3v) is 5.32. The summed E-state index contributed by atoms with van der Waals surface area (Å²) in [6, 6.07) is 4.81. The highest BCUT2D eigenvalue weighted by molar-refractivity contribution is 7.89. The number of nitrogens with one attached hydrogen (secondary N) is 1. The molecule has 1 aromatic rings. The van der Waals surface area contributed by atoms with Crippen LogP contribution in [0.4, 0.5) is 13.2 Å². The average Bonchev–Trinajstić information content (AvgIpc) is 2.95. The van der Waals surface area contributed by atoms with Gasteiger partial charge < -0.3 is 10.1 Å². The number of hydrogen-bond acceptors (Lipinski definition) is 4. The van der Waals surface area contributed by atoms with Crippen molar-refractivity contribution >= 4 is 15.9 Å². The van der Waals surface area contributed by atoms with Gasteiger partial charge in [-0.05, 0) is 30.7 Å². The van der Waals surface area contributed by atoms with Gasteiger partial charge in [0, 0.05) is 19.1 Å². The molecular weight excluding hydrogens is 337 g/mol. The van der Waals surface area contributed by atoms with Crippen LogP contribution >= 0.6 is 0 Å². The van der Waals surface area contributed by atoms with Gasteiger partial charge in [-0.2, -0.15) is 17.5 Å². The van der Waals surface area contributed by atoms with Crippen molar-refractivity contribution in [2.45, 2.75) is 23.5 Å². The molecule has 0 radical (unpaired) electrons. The van der Waals surface area contributed by atoms with Crippen LogP contribution in [0.2, 0.25) is 0 Å². The molecule has 10 heteroatoms. The van der Waals surface area contributed by atoms with E-state index in [1.54, 1.807) is 5.32 Å². The van der Waals surface area contributed by atoms with E-state index in [9.17, 15) is 26.4 Å². The molecule has 0 bridgehead atoms. The minimum absolute atomic E-state index is 0.0149. The summed E-state index contributed by atoms with van der Waals surface area (Å²) >= 11 is 0. The third kappa shape index (κ3) is 3.94. The highest BCUT2D eigenvalue weighted by atomic mass is 32.2. The summed E-state index contributed by atoms with van der Waals surface area (Å²) in [5, 5.41) is 1.80. The first-order valence-electron chi connectivity index (χ1n) is 6.66. The number of halogens is 3. The molecule has 0 saturated carbocycles. The molecule has 23 heavy (non-hydrogen) atoms. The standard InChI is InChI=1S/C13H15F3N2O4S/c1-22-10-2-4-11(5-3-10)23(20,21)18-7-6-9(8-18)17-12(19)13(14,15)16/h2-5,9H,6-8H2,1H3,(H,17,19). The van der Waals surface area contributed by atoms with E-state index in [0.29, 0.717) is 5.75 Å². The lowest BCUT2D eigenvalue weighted by Crippen LogP contribution is -2.44. The fourth-order valence-corrected chi connectivity index (χ4v) is 3.73. The molecule has 0 aliphatic carbocycles. The van der Waals surface area contributed by atoms with Crippen LogP contribution in [0.1, 0.15) is 6.42 Å². The Labute approximate surface area is 131 Å². The molecule has 1 N–H and O–H groups in total. The number of amides is 1.